The Kier molecular flexibility index (Phi) is 7.18. The van der Waals surface area contributed by atoms with E-state index in [1.165, 1.54) is 0 Å². The van der Waals surface area contributed by atoms with Gasteiger partial charge in [-0.3, -0.25) is 30.0 Å². The minimum absolute atomic E-state index is 0.0336. The lowest BCUT2D eigenvalue weighted by atomic mass is 10.0. The fourth-order valence-electron chi connectivity index (χ4n) is 2.29. The number of amides is 4. The van der Waals surface area contributed by atoms with Crippen molar-refractivity contribution in [2.45, 2.75) is 45.2 Å². The molecule has 27 heavy (non-hydrogen) atoms. The van der Waals surface area contributed by atoms with Gasteiger partial charge in [0.2, 0.25) is 0 Å². The van der Waals surface area contributed by atoms with E-state index in [1.807, 2.05) is 13.8 Å². The normalized spacial score (nSPS) is 14.2. The lowest BCUT2D eigenvalue weighted by molar-refractivity contribution is -0.141. The number of hydrogen-bond donors (Lipinski definition) is 4. The molecule has 0 aromatic heterocycles. The average Bonchev–Trinajstić information content (AvgIpc) is 3.42. The molecule has 0 bridgehead atoms. The summed E-state index contributed by atoms with van der Waals surface area (Å²) in [5.41, 5.74) is 4.62. The van der Waals surface area contributed by atoms with Gasteiger partial charge in [0.05, 0.1) is 0 Å². The molecule has 146 valence electrons. The zero-order valence-electron chi connectivity index (χ0n) is 15.2. The molecule has 0 heterocycles. The molecule has 1 saturated carbocycles. The second-order valence-electron chi connectivity index (χ2n) is 6.85. The molecule has 1 aliphatic carbocycles. The zero-order valence-corrected chi connectivity index (χ0v) is 15.9. The minimum Gasteiger partial charge on any atom is -0.345 e. The Morgan fingerprint density at radius 2 is 1.67 bits per heavy atom. The highest BCUT2D eigenvalue weighted by Crippen LogP contribution is 2.18. The first-order chi connectivity index (χ1) is 12.8. The number of nitrogens with one attached hydrogen (secondary N) is 4. The van der Waals surface area contributed by atoms with E-state index >= 15 is 0 Å². The molecule has 9 heteroatoms. The monoisotopic (exact) mass is 394 g/mol. The molecule has 1 fully saturated rings. The summed E-state index contributed by atoms with van der Waals surface area (Å²) in [6, 6.07) is 5.41. The Balaban J connectivity index is 1.91. The predicted octanol–water partition coefficient (Wildman–Crippen LogP) is 0.910. The lowest BCUT2D eigenvalue weighted by Gasteiger charge is -2.20. The second kappa shape index (κ2) is 9.36. The SMILES string of the molecule is CC(C)C[C@@H](NC(=O)c1ccc(Cl)cc1)C(=O)NNC(=O)C(=O)NC1CC1. The molecule has 0 radical (unpaired) electrons. The van der Waals surface area contributed by atoms with E-state index in [9.17, 15) is 19.2 Å². The zero-order chi connectivity index (χ0) is 20.0. The summed E-state index contributed by atoms with van der Waals surface area (Å²) < 4.78 is 0. The van der Waals surface area contributed by atoms with Crippen molar-refractivity contribution < 1.29 is 19.2 Å². The van der Waals surface area contributed by atoms with Crippen LogP contribution in [0.15, 0.2) is 24.3 Å². The van der Waals surface area contributed by atoms with Crippen molar-refractivity contribution in [3.05, 3.63) is 34.9 Å². The fraction of sp³-hybridized carbons (Fsp3) is 0.444. The lowest BCUT2D eigenvalue weighted by Crippen LogP contribution is -2.55. The van der Waals surface area contributed by atoms with E-state index in [-0.39, 0.29) is 12.0 Å². The maximum absolute atomic E-state index is 12.4. The van der Waals surface area contributed by atoms with E-state index < -0.39 is 29.7 Å². The summed E-state index contributed by atoms with van der Waals surface area (Å²) in [6.07, 6.45) is 2.05. The molecule has 1 aliphatic rings. The van der Waals surface area contributed by atoms with E-state index in [4.69, 9.17) is 11.6 Å². The maximum atomic E-state index is 12.4. The number of hydrazine groups is 1. The highest BCUT2D eigenvalue weighted by molar-refractivity contribution is 6.35. The van der Waals surface area contributed by atoms with Crippen molar-refractivity contribution in [3.8, 4) is 0 Å². The van der Waals surface area contributed by atoms with E-state index in [2.05, 4.69) is 21.5 Å². The maximum Gasteiger partial charge on any atom is 0.327 e. The smallest absolute Gasteiger partial charge is 0.327 e. The predicted molar refractivity (Wildman–Crippen MR) is 99.6 cm³/mol. The Morgan fingerprint density at radius 1 is 1.04 bits per heavy atom. The summed E-state index contributed by atoms with van der Waals surface area (Å²) in [4.78, 5) is 48.0. The van der Waals surface area contributed by atoms with Crippen molar-refractivity contribution in [1.29, 1.82) is 0 Å². The van der Waals surface area contributed by atoms with Gasteiger partial charge >= 0.3 is 11.8 Å². The molecule has 0 unspecified atom stereocenters. The fourth-order valence-corrected chi connectivity index (χ4v) is 2.41. The molecule has 1 aromatic rings. The summed E-state index contributed by atoms with van der Waals surface area (Å²) in [7, 11) is 0. The first-order valence-electron chi connectivity index (χ1n) is 8.73. The third-order valence-corrected chi connectivity index (χ3v) is 4.11. The first kappa shape index (κ1) is 20.7. The van der Waals surface area contributed by atoms with Crippen LogP contribution in [0.3, 0.4) is 0 Å². The van der Waals surface area contributed by atoms with Crippen LogP contribution in [-0.4, -0.2) is 35.7 Å². The molecule has 0 saturated heterocycles. The average molecular weight is 395 g/mol. The Morgan fingerprint density at radius 3 is 2.22 bits per heavy atom. The van der Waals surface area contributed by atoms with Gasteiger partial charge in [-0.15, -0.1) is 0 Å². The van der Waals surface area contributed by atoms with Crippen molar-refractivity contribution >= 4 is 35.2 Å². The van der Waals surface area contributed by atoms with Gasteiger partial charge in [-0.2, -0.15) is 0 Å². The van der Waals surface area contributed by atoms with Crippen molar-refractivity contribution in [3.63, 3.8) is 0 Å². The molecular formula is C18H23ClN4O4. The Bertz CT molecular complexity index is 717. The molecular weight excluding hydrogens is 372 g/mol. The molecule has 2 rings (SSSR count). The standard InChI is InChI=1S/C18H23ClN4O4/c1-10(2)9-14(21-15(24)11-3-5-12(19)6-4-11)16(25)22-23-18(27)17(26)20-13-7-8-13/h3-6,10,13-14H,7-9H2,1-2H3,(H,20,26)(H,21,24)(H,22,25)(H,23,27)/t14-/m1/s1. The van der Waals surface area contributed by atoms with Gasteiger partial charge in [-0.1, -0.05) is 25.4 Å². The molecule has 0 spiro atoms. The number of carbonyl (C=O) groups excluding carboxylic acids is 4. The van der Waals surface area contributed by atoms with Crippen LogP contribution in [0.4, 0.5) is 0 Å². The van der Waals surface area contributed by atoms with Gasteiger partial charge in [-0.05, 0) is 49.4 Å². The summed E-state index contributed by atoms with van der Waals surface area (Å²) in [6.45, 7) is 3.80. The first-order valence-corrected chi connectivity index (χ1v) is 9.11. The molecule has 4 amide bonds. The second-order valence-corrected chi connectivity index (χ2v) is 7.29. The molecule has 1 atom stereocenters. The van der Waals surface area contributed by atoms with Crippen LogP contribution in [0.1, 0.15) is 43.5 Å². The topological polar surface area (TPSA) is 116 Å². The van der Waals surface area contributed by atoms with Gasteiger partial charge in [0.1, 0.15) is 6.04 Å². The van der Waals surface area contributed by atoms with Crippen LogP contribution in [0, 0.1) is 5.92 Å². The highest BCUT2D eigenvalue weighted by atomic mass is 35.5. The quantitative estimate of drug-likeness (QED) is 0.424. The minimum atomic E-state index is -0.956. The van der Waals surface area contributed by atoms with Crippen LogP contribution in [0.2, 0.25) is 5.02 Å². The number of rotatable bonds is 6. The Labute approximate surface area is 162 Å². The summed E-state index contributed by atoms with van der Waals surface area (Å²) in [5, 5.41) is 5.64. The van der Waals surface area contributed by atoms with Gasteiger partial charge in [-0.25, -0.2) is 0 Å². The number of hydrogen-bond acceptors (Lipinski definition) is 4. The van der Waals surface area contributed by atoms with E-state index in [0.29, 0.717) is 17.0 Å². The number of benzene rings is 1. The third-order valence-electron chi connectivity index (χ3n) is 3.85. The van der Waals surface area contributed by atoms with Gasteiger partial charge in [0.25, 0.3) is 11.8 Å². The number of carbonyl (C=O) groups is 4. The van der Waals surface area contributed by atoms with Crippen LogP contribution in [0.25, 0.3) is 0 Å². The van der Waals surface area contributed by atoms with Gasteiger partial charge in [0.15, 0.2) is 0 Å². The van der Waals surface area contributed by atoms with Gasteiger partial charge < -0.3 is 10.6 Å². The summed E-state index contributed by atoms with van der Waals surface area (Å²) >= 11 is 5.80. The third kappa shape index (κ3) is 6.90. The van der Waals surface area contributed by atoms with Crippen molar-refractivity contribution in [2.24, 2.45) is 5.92 Å². The Hall–Kier alpha value is -2.61. The molecule has 4 N–H and O–H groups in total. The molecule has 1 aromatic carbocycles. The molecule has 0 aliphatic heterocycles. The van der Waals surface area contributed by atoms with Gasteiger partial charge in [0, 0.05) is 16.6 Å². The van der Waals surface area contributed by atoms with Crippen molar-refractivity contribution in [2.75, 3.05) is 0 Å². The van der Waals surface area contributed by atoms with Crippen molar-refractivity contribution in [1.82, 2.24) is 21.5 Å². The largest absolute Gasteiger partial charge is 0.345 e. The van der Waals surface area contributed by atoms with Crippen LogP contribution in [0.5, 0.6) is 0 Å². The van der Waals surface area contributed by atoms with E-state index in [0.717, 1.165) is 12.8 Å². The van der Waals surface area contributed by atoms with E-state index in [1.54, 1.807) is 24.3 Å². The van der Waals surface area contributed by atoms with Crippen LogP contribution >= 0.6 is 11.6 Å². The molecule has 8 nitrogen and oxygen atoms in total. The summed E-state index contributed by atoms with van der Waals surface area (Å²) in [5.74, 6) is -2.70. The van der Waals surface area contributed by atoms with Crippen LogP contribution < -0.4 is 21.5 Å². The number of halogens is 1. The highest BCUT2D eigenvalue weighted by Gasteiger charge is 2.27. The van der Waals surface area contributed by atoms with Crippen LogP contribution in [-0.2, 0) is 14.4 Å².